The zero-order valence-corrected chi connectivity index (χ0v) is 13.5. The van der Waals surface area contributed by atoms with Gasteiger partial charge >= 0.3 is 0 Å². The number of nitrogens with one attached hydrogen (secondary N) is 1. The average molecular weight is 379 g/mol. The Morgan fingerprint density at radius 2 is 2.05 bits per heavy atom. The van der Waals surface area contributed by atoms with Gasteiger partial charge < -0.3 is 5.73 Å². The Balaban J connectivity index is 2.26. The van der Waals surface area contributed by atoms with Crippen LogP contribution in [-0.2, 0) is 16.4 Å². The molecule has 0 aliphatic rings. The molecule has 0 atom stereocenters. The van der Waals surface area contributed by atoms with Gasteiger partial charge in [-0.3, -0.25) is 4.72 Å². The number of sulfonamides is 1. The first-order valence-corrected chi connectivity index (χ1v) is 8.78. The summed E-state index contributed by atoms with van der Waals surface area (Å²) in [6.45, 7) is 0.469. The predicted octanol–water partition coefficient (Wildman–Crippen LogP) is 2.95. The van der Waals surface area contributed by atoms with Gasteiger partial charge in [-0.05, 0) is 59.2 Å². The number of thiophene rings is 1. The second kappa shape index (κ2) is 6.21. The molecule has 2 aromatic rings. The molecule has 1 aromatic heterocycles. The highest BCUT2D eigenvalue weighted by Gasteiger charge is 2.18. The van der Waals surface area contributed by atoms with Crippen molar-refractivity contribution in [2.24, 2.45) is 5.73 Å². The predicted molar refractivity (Wildman–Crippen MR) is 82.0 cm³/mol. The fourth-order valence-corrected chi connectivity index (χ4v) is 4.58. The number of benzene rings is 1. The maximum atomic E-state index is 13.0. The molecule has 0 saturated heterocycles. The minimum absolute atomic E-state index is 0.206. The number of rotatable bonds is 5. The van der Waals surface area contributed by atoms with Crippen LogP contribution in [0.4, 0.5) is 10.1 Å². The maximum absolute atomic E-state index is 13.0. The summed E-state index contributed by atoms with van der Waals surface area (Å²) in [5.74, 6) is -0.443. The lowest BCUT2D eigenvalue weighted by molar-refractivity contribution is 0.603. The Morgan fingerprint density at radius 1 is 1.30 bits per heavy atom. The molecular formula is C12H12BrFN2O2S2. The van der Waals surface area contributed by atoms with Crippen molar-refractivity contribution >= 4 is 43.0 Å². The minimum atomic E-state index is -3.67. The average Bonchev–Trinajstić information content (AvgIpc) is 2.83. The third kappa shape index (κ3) is 3.57. The number of halogens is 2. The van der Waals surface area contributed by atoms with E-state index in [1.165, 1.54) is 35.6 Å². The van der Waals surface area contributed by atoms with Crippen LogP contribution in [0.3, 0.4) is 0 Å². The van der Waals surface area contributed by atoms with Gasteiger partial charge in [-0.25, -0.2) is 12.8 Å². The van der Waals surface area contributed by atoms with E-state index in [0.717, 1.165) is 4.88 Å². The van der Waals surface area contributed by atoms with E-state index in [1.54, 1.807) is 6.07 Å². The first kappa shape index (κ1) is 15.4. The van der Waals surface area contributed by atoms with E-state index in [-0.39, 0.29) is 4.21 Å². The van der Waals surface area contributed by atoms with Crippen LogP contribution in [0.1, 0.15) is 4.88 Å². The molecule has 0 aliphatic heterocycles. The molecule has 0 bridgehead atoms. The van der Waals surface area contributed by atoms with Gasteiger partial charge in [-0.1, -0.05) is 0 Å². The first-order valence-electron chi connectivity index (χ1n) is 5.69. The fraction of sp³-hybridized carbons (Fsp3) is 0.167. The normalized spacial score (nSPS) is 11.6. The minimum Gasteiger partial charge on any atom is -0.330 e. The smallest absolute Gasteiger partial charge is 0.271 e. The van der Waals surface area contributed by atoms with Crippen molar-refractivity contribution in [2.75, 3.05) is 11.3 Å². The lowest BCUT2D eigenvalue weighted by Crippen LogP contribution is -2.11. The SMILES string of the molecule is NCCc1ccc(S(=O)(=O)Nc2ccc(F)cc2Br)s1. The zero-order chi connectivity index (χ0) is 14.8. The molecule has 2 rings (SSSR count). The highest BCUT2D eigenvalue weighted by atomic mass is 79.9. The van der Waals surface area contributed by atoms with E-state index in [9.17, 15) is 12.8 Å². The summed E-state index contributed by atoms with van der Waals surface area (Å²) in [4.78, 5) is 0.908. The van der Waals surface area contributed by atoms with Gasteiger partial charge in [0.15, 0.2) is 0 Å². The van der Waals surface area contributed by atoms with Gasteiger partial charge in [-0.15, -0.1) is 11.3 Å². The third-order valence-electron chi connectivity index (χ3n) is 2.47. The standard InChI is InChI=1S/C12H12BrFN2O2S2/c13-10-7-8(14)1-3-11(10)16-20(17,18)12-4-2-9(19-12)5-6-15/h1-4,7,16H,5-6,15H2. The lowest BCUT2D eigenvalue weighted by atomic mass is 10.3. The topological polar surface area (TPSA) is 72.2 Å². The summed E-state index contributed by atoms with van der Waals surface area (Å²) in [5.41, 5.74) is 5.73. The van der Waals surface area contributed by atoms with Gasteiger partial charge in [0.2, 0.25) is 0 Å². The molecule has 0 spiro atoms. The molecule has 3 N–H and O–H groups in total. The van der Waals surface area contributed by atoms with Gasteiger partial charge in [0.25, 0.3) is 10.0 Å². The number of nitrogens with two attached hydrogens (primary N) is 1. The van der Waals surface area contributed by atoms with E-state index >= 15 is 0 Å². The Kier molecular flexibility index (Phi) is 4.79. The molecule has 20 heavy (non-hydrogen) atoms. The number of anilines is 1. The van der Waals surface area contributed by atoms with Crippen molar-refractivity contribution in [2.45, 2.75) is 10.6 Å². The van der Waals surface area contributed by atoms with E-state index in [4.69, 9.17) is 5.73 Å². The Hall–Kier alpha value is -0.960. The number of hydrogen-bond donors (Lipinski definition) is 2. The van der Waals surface area contributed by atoms with Crippen LogP contribution in [0.15, 0.2) is 39.0 Å². The van der Waals surface area contributed by atoms with Gasteiger partial charge in [0.05, 0.1) is 5.69 Å². The van der Waals surface area contributed by atoms with Crippen molar-refractivity contribution in [3.8, 4) is 0 Å². The van der Waals surface area contributed by atoms with Crippen molar-refractivity contribution in [1.82, 2.24) is 0 Å². The molecule has 4 nitrogen and oxygen atoms in total. The maximum Gasteiger partial charge on any atom is 0.271 e. The first-order chi connectivity index (χ1) is 9.42. The van der Waals surface area contributed by atoms with Crippen LogP contribution in [0.25, 0.3) is 0 Å². The lowest BCUT2D eigenvalue weighted by Gasteiger charge is -2.08. The highest BCUT2D eigenvalue weighted by molar-refractivity contribution is 9.10. The van der Waals surface area contributed by atoms with Crippen molar-refractivity contribution in [3.63, 3.8) is 0 Å². The Labute approximate surface area is 129 Å². The van der Waals surface area contributed by atoms with Crippen molar-refractivity contribution in [1.29, 1.82) is 0 Å². The third-order valence-corrected chi connectivity index (χ3v) is 6.13. The molecule has 0 fully saturated rings. The zero-order valence-electron chi connectivity index (χ0n) is 10.3. The summed E-state index contributed by atoms with van der Waals surface area (Å²) in [5, 5.41) is 0. The highest BCUT2D eigenvalue weighted by Crippen LogP contribution is 2.28. The molecule has 1 heterocycles. The molecule has 0 amide bonds. The number of hydrogen-bond acceptors (Lipinski definition) is 4. The van der Waals surface area contributed by atoms with Gasteiger partial charge in [0.1, 0.15) is 10.0 Å². The Morgan fingerprint density at radius 3 is 2.70 bits per heavy atom. The van der Waals surface area contributed by atoms with Crippen molar-refractivity contribution < 1.29 is 12.8 Å². The van der Waals surface area contributed by atoms with Gasteiger partial charge in [-0.2, -0.15) is 0 Å². The summed E-state index contributed by atoms with van der Waals surface area (Å²) in [6, 6.07) is 7.04. The van der Waals surface area contributed by atoms with E-state index in [1.807, 2.05) is 0 Å². The van der Waals surface area contributed by atoms with Crippen LogP contribution in [-0.4, -0.2) is 15.0 Å². The molecule has 1 aromatic carbocycles. The molecule has 8 heteroatoms. The van der Waals surface area contributed by atoms with Crippen LogP contribution >= 0.6 is 27.3 Å². The molecule has 0 radical (unpaired) electrons. The molecule has 0 unspecified atom stereocenters. The van der Waals surface area contributed by atoms with E-state index in [0.29, 0.717) is 23.1 Å². The van der Waals surface area contributed by atoms with Crippen LogP contribution < -0.4 is 10.5 Å². The summed E-state index contributed by atoms with van der Waals surface area (Å²) in [7, 11) is -3.67. The van der Waals surface area contributed by atoms with Crippen LogP contribution in [0.5, 0.6) is 0 Å². The molecule has 108 valence electrons. The van der Waals surface area contributed by atoms with Crippen molar-refractivity contribution in [3.05, 3.63) is 45.5 Å². The summed E-state index contributed by atoms with van der Waals surface area (Å²) < 4.78 is 40.4. The monoisotopic (exact) mass is 378 g/mol. The largest absolute Gasteiger partial charge is 0.330 e. The summed E-state index contributed by atoms with van der Waals surface area (Å²) >= 11 is 4.30. The Bertz CT molecular complexity index is 716. The molecular weight excluding hydrogens is 367 g/mol. The second-order valence-electron chi connectivity index (χ2n) is 3.99. The van der Waals surface area contributed by atoms with Crippen LogP contribution in [0.2, 0.25) is 0 Å². The molecule has 0 saturated carbocycles. The van der Waals surface area contributed by atoms with E-state index in [2.05, 4.69) is 20.7 Å². The van der Waals surface area contributed by atoms with Gasteiger partial charge in [0, 0.05) is 9.35 Å². The second-order valence-corrected chi connectivity index (χ2v) is 7.92. The molecule has 0 aliphatic carbocycles. The fourth-order valence-electron chi connectivity index (χ4n) is 1.55. The van der Waals surface area contributed by atoms with E-state index < -0.39 is 15.8 Å². The quantitative estimate of drug-likeness (QED) is 0.839. The summed E-state index contributed by atoms with van der Waals surface area (Å²) in [6.07, 6.45) is 0.639. The van der Waals surface area contributed by atoms with Crippen LogP contribution in [0, 0.1) is 5.82 Å².